The third-order valence-electron chi connectivity index (χ3n) is 2.97. The third kappa shape index (κ3) is 3.09. The molecule has 0 bridgehead atoms. The Morgan fingerprint density at radius 3 is 3.00 bits per heavy atom. The SMILES string of the molecule is CCC(N)Cc1nccn1Cc1ccncc1Cl. The summed E-state index contributed by atoms with van der Waals surface area (Å²) in [6, 6.07) is 2.07. The molecule has 96 valence electrons. The van der Waals surface area contributed by atoms with Gasteiger partial charge < -0.3 is 10.3 Å². The standard InChI is InChI=1S/C13H17ClN4/c1-2-11(15)7-13-17-5-6-18(13)9-10-3-4-16-8-12(10)14/h3-6,8,11H,2,7,9,15H2,1H3. The Morgan fingerprint density at radius 1 is 1.44 bits per heavy atom. The van der Waals surface area contributed by atoms with Gasteiger partial charge in [-0.1, -0.05) is 18.5 Å². The van der Waals surface area contributed by atoms with Crippen LogP contribution in [0.4, 0.5) is 0 Å². The van der Waals surface area contributed by atoms with Gasteiger partial charge in [-0.25, -0.2) is 4.98 Å². The highest BCUT2D eigenvalue weighted by Crippen LogP contribution is 2.16. The number of halogens is 1. The lowest BCUT2D eigenvalue weighted by Crippen LogP contribution is -2.23. The number of rotatable bonds is 5. The molecular weight excluding hydrogens is 248 g/mol. The molecule has 0 radical (unpaired) electrons. The maximum absolute atomic E-state index is 6.11. The summed E-state index contributed by atoms with van der Waals surface area (Å²) in [4.78, 5) is 8.34. The highest BCUT2D eigenvalue weighted by Gasteiger charge is 2.09. The van der Waals surface area contributed by atoms with Gasteiger partial charge in [-0.15, -0.1) is 0 Å². The molecule has 2 aromatic rings. The zero-order valence-corrected chi connectivity index (χ0v) is 11.1. The fraction of sp³-hybridized carbons (Fsp3) is 0.385. The largest absolute Gasteiger partial charge is 0.330 e. The summed E-state index contributed by atoms with van der Waals surface area (Å²) < 4.78 is 2.08. The molecular formula is C13H17ClN4. The Hall–Kier alpha value is -1.39. The van der Waals surface area contributed by atoms with E-state index in [-0.39, 0.29) is 6.04 Å². The van der Waals surface area contributed by atoms with Crippen LogP contribution in [0.3, 0.4) is 0 Å². The first kappa shape index (κ1) is 13.1. The smallest absolute Gasteiger partial charge is 0.110 e. The second-order valence-electron chi connectivity index (χ2n) is 4.31. The third-order valence-corrected chi connectivity index (χ3v) is 3.31. The fourth-order valence-electron chi connectivity index (χ4n) is 1.77. The topological polar surface area (TPSA) is 56.7 Å². The van der Waals surface area contributed by atoms with Crippen LogP contribution in [-0.2, 0) is 13.0 Å². The van der Waals surface area contributed by atoms with Crippen molar-refractivity contribution in [1.29, 1.82) is 0 Å². The van der Waals surface area contributed by atoms with Gasteiger partial charge in [0.05, 0.1) is 11.6 Å². The molecule has 0 saturated carbocycles. The second kappa shape index (κ2) is 5.98. The van der Waals surface area contributed by atoms with Gasteiger partial charge in [-0.05, 0) is 18.1 Å². The molecule has 2 heterocycles. The maximum Gasteiger partial charge on any atom is 0.110 e. The monoisotopic (exact) mass is 264 g/mol. The minimum Gasteiger partial charge on any atom is -0.330 e. The van der Waals surface area contributed by atoms with Crippen molar-refractivity contribution in [2.45, 2.75) is 32.4 Å². The van der Waals surface area contributed by atoms with Crippen molar-refractivity contribution in [2.24, 2.45) is 5.73 Å². The quantitative estimate of drug-likeness (QED) is 0.901. The van der Waals surface area contributed by atoms with Crippen LogP contribution in [0.1, 0.15) is 24.7 Å². The van der Waals surface area contributed by atoms with Crippen molar-refractivity contribution in [3.63, 3.8) is 0 Å². The van der Waals surface area contributed by atoms with E-state index in [4.69, 9.17) is 17.3 Å². The molecule has 2 rings (SSSR count). The molecule has 0 aliphatic carbocycles. The predicted molar refractivity (Wildman–Crippen MR) is 72.5 cm³/mol. The first-order valence-electron chi connectivity index (χ1n) is 6.04. The summed E-state index contributed by atoms with van der Waals surface area (Å²) in [7, 11) is 0. The lowest BCUT2D eigenvalue weighted by atomic mass is 10.1. The Bertz CT molecular complexity index is 509. The summed E-state index contributed by atoms with van der Waals surface area (Å²) in [5.74, 6) is 0.997. The van der Waals surface area contributed by atoms with Gasteiger partial charge in [0.15, 0.2) is 0 Å². The summed E-state index contributed by atoms with van der Waals surface area (Å²) in [5, 5.41) is 0.678. The molecule has 0 spiro atoms. The molecule has 5 heteroatoms. The van der Waals surface area contributed by atoms with E-state index in [1.54, 1.807) is 18.6 Å². The molecule has 4 nitrogen and oxygen atoms in total. The summed E-state index contributed by atoms with van der Waals surface area (Å²) in [6.07, 6.45) is 8.89. The Morgan fingerprint density at radius 2 is 2.28 bits per heavy atom. The Kier molecular flexibility index (Phi) is 4.33. The van der Waals surface area contributed by atoms with Crippen molar-refractivity contribution >= 4 is 11.6 Å². The summed E-state index contributed by atoms with van der Waals surface area (Å²) >= 11 is 6.11. The fourth-order valence-corrected chi connectivity index (χ4v) is 1.95. The molecule has 0 fully saturated rings. The van der Waals surface area contributed by atoms with E-state index in [2.05, 4.69) is 21.5 Å². The van der Waals surface area contributed by atoms with E-state index in [1.807, 2.05) is 12.3 Å². The van der Waals surface area contributed by atoms with Crippen LogP contribution in [0.15, 0.2) is 30.9 Å². The molecule has 0 aromatic carbocycles. The Balaban J connectivity index is 2.15. The van der Waals surface area contributed by atoms with Crippen LogP contribution >= 0.6 is 11.6 Å². The van der Waals surface area contributed by atoms with Crippen LogP contribution in [-0.4, -0.2) is 20.6 Å². The number of nitrogens with zero attached hydrogens (tertiary/aromatic N) is 3. The zero-order chi connectivity index (χ0) is 13.0. The number of imidazole rings is 1. The lowest BCUT2D eigenvalue weighted by molar-refractivity contribution is 0.597. The van der Waals surface area contributed by atoms with Gasteiger partial charge in [0.2, 0.25) is 0 Å². The average Bonchev–Trinajstić information content (AvgIpc) is 2.79. The van der Waals surface area contributed by atoms with Crippen LogP contribution in [0.5, 0.6) is 0 Å². The number of nitrogens with two attached hydrogens (primary N) is 1. The molecule has 0 aliphatic rings. The van der Waals surface area contributed by atoms with E-state index in [9.17, 15) is 0 Å². The normalized spacial score (nSPS) is 12.6. The molecule has 0 aliphatic heterocycles. The van der Waals surface area contributed by atoms with E-state index in [0.29, 0.717) is 11.6 Å². The molecule has 1 atom stereocenters. The molecule has 2 N–H and O–H groups in total. The van der Waals surface area contributed by atoms with Crippen molar-refractivity contribution in [1.82, 2.24) is 14.5 Å². The Labute approximate surface area is 112 Å². The van der Waals surface area contributed by atoms with Crippen LogP contribution in [0.2, 0.25) is 5.02 Å². The highest BCUT2D eigenvalue weighted by molar-refractivity contribution is 6.31. The van der Waals surface area contributed by atoms with Crippen molar-refractivity contribution in [2.75, 3.05) is 0 Å². The van der Waals surface area contributed by atoms with Gasteiger partial charge in [-0.2, -0.15) is 0 Å². The van der Waals surface area contributed by atoms with Crippen LogP contribution < -0.4 is 5.73 Å². The predicted octanol–water partition coefficient (Wildman–Crippen LogP) is 2.26. The summed E-state index contributed by atoms with van der Waals surface area (Å²) in [6.45, 7) is 2.78. The first-order chi connectivity index (χ1) is 8.70. The highest BCUT2D eigenvalue weighted by atomic mass is 35.5. The number of aromatic nitrogens is 3. The van der Waals surface area contributed by atoms with Crippen LogP contribution in [0, 0.1) is 0 Å². The zero-order valence-electron chi connectivity index (χ0n) is 10.4. The van der Waals surface area contributed by atoms with Gasteiger partial charge in [0.25, 0.3) is 0 Å². The van der Waals surface area contributed by atoms with Crippen molar-refractivity contribution < 1.29 is 0 Å². The number of pyridine rings is 1. The minimum atomic E-state index is 0.152. The second-order valence-corrected chi connectivity index (χ2v) is 4.72. The number of hydrogen-bond donors (Lipinski definition) is 1. The van der Waals surface area contributed by atoms with Crippen molar-refractivity contribution in [3.05, 3.63) is 47.3 Å². The van der Waals surface area contributed by atoms with E-state index < -0.39 is 0 Å². The van der Waals surface area contributed by atoms with E-state index in [0.717, 1.165) is 24.2 Å². The van der Waals surface area contributed by atoms with E-state index >= 15 is 0 Å². The summed E-state index contributed by atoms with van der Waals surface area (Å²) in [5.41, 5.74) is 7.00. The van der Waals surface area contributed by atoms with Gasteiger partial charge in [0, 0.05) is 37.3 Å². The molecule has 0 saturated heterocycles. The first-order valence-corrected chi connectivity index (χ1v) is 6.42. The molecule has 1 unspecified atom stereocenters. The van der Waals surface area contributed by atoms with Crippen molar-refractivity contribution in [3.8, 4) is 0 Å². The molecule has 0 amide bonds. The average molecular weight is 265 g/mol. The van der Waals surface area contributed by atoms with Crippen LogP contribution in [0.25, 0.3) is 0 Å². The molecule has 2 aromatic heterocycles. The van der Waals surface area contributed by atoms with Gasteiger partial charge in [0.1, 0.15) is 5.82 Å². The minimum absolute atomic E-state index is 0.152. The number of hydrogen-bond acceptors (Lipinski definition) is 3. The maximum atomic E-state index is 6.11. The van der Waals surface area contributed by atoms with Gasteiger partial charge >= 0.3 is 0 Å². The van der Waals surface area contributed by atoms with Gasteiger partial charge in [-0.3, -0.25) is 4.98 Å². The molecule has 18 heavy (non-hydrogen) atoms. The van der Waals surface area contributed by atoms with E-state index in [1.165, 1.54) is 0 Å². The lowest BCUT2D eigenvalue weighted by Gasteiger charge is -2.12.